The smallest absolute Gasteiger partial charge is 0.381 e. The summed E-state index contributed by atoms with van der Waals surface area (Å²) in [7, 11) is 1.58. The van der Waals surface area contributed by atoms with Crippen LogP contribution in [0, 0.1) is 0 Å². The van der Waals surface area contributed by atoms with Crippen LogP contribution in [0.2, 0.25) is 0 Å². The normalized spacial score (nSPS) is 21.6. The van der Waals surface area contributed by atoms with Gasteiger partial charge in [0.25, 0.3) is 5.91 Å². The summed E-state index contributed by atoms with van der Waals surface area (Å²) in [6, 6.07) is 2.70. The average Bonchev–Trinajstić information content (AvgIpc) is 2.40. The number of nitrogen functional groups attached to an aromatic ring is 1. The molecule has 8 heteroatoms. The third kappa shape index (κ3) is 3.45. The largest absolute Gasteiger partial charge is 0.416 e. The van der Waals surface area contributed by atoms with Gasteiger partial charge in [0.05, 0.1) is 22.9 Å². The van der Waals surface area contributed by atoms with Crippen LogP contribution in [0.3, 0.4) is 0 Å². The first-order valence-electron chi connectivity index (χ1n) is 6.36. The summed E-state index contributed by atoms with van der Waals surface area (Å²) < 4.78 is 43.2. The molecule has 21 heavy (non-hydrogen) atoms. The summed E-state index contributed by atoms with van der Waals surface area (Å²) in [6.07, 6.45) is -3.14. The molecule has 1 aromatic rings. The van der Waals surface area contributed by atoms with E-state index >= 15 is 0 Å². The minimum Gasteiger partial charge on any atom is -0.381 e. The van der Waals surface area contributed by atoms with Crippen LogP contribution in [0.25, 0.3) is 0 Å². The van der Waals surface area contributed by atoms with Gasteiger partial charge < -0.3 is 15.5 Å². The zero-order valence-electron chi connectivity index (χ0n) is 11.3. The molecule has 0 saturated heterocycles. The van der Waals surface area contributed by atoms with E-state index in [2.05, 4.69) is 10.7 Å². The second kappa shape index (κ2) is 5.90. The Morgan fingerprint density at radius 1 is 1.38 bits per heavy atom. The van der Waals surface area contributed by atoms with Gasteiger partial charge in [0.1, 0.15) is 0 Å². The topological polar surface area (TPSA) is 76.4 Å². The fourth-order valence-corrected chi connectivity index (χ4v) is 2.17. The summed E-state index contributed by atoms with van der Waals surface area (Å²) >= 11 is 0. The second-order valence-electron chi connectivity index (χ2n) is 4.90. The number of nitrogens with two attached hydrogens (primary N) is 1. The molecule has 0 atom stereocenters. The zero-order valence-corrected chi connectivity index (χ0v) is 11.3. The summed E-state index contributed by atoms with van der Waals surface area (Å²) in [5.74, 6) is 4.65. The van der Waals surface area contributed by atoms with Gasteiger partial charge in [-0.2, -0.15) is 13.2 Å². The number of methoxy groups -OCH3 is 1. The van der Waals surface area contributed by atoms with E-state index in [9.17, 15) is 18.0 Å². The molecule has 0 radical (unpaired) electrons. The lowest BCUT2D eigenvalue weighted by Gasteiger charge is -2.34. The minimum atomic E-state index is -4.51. The molecule has 1 aromatic carbocycles. The first-order chi connectivity index (χ1) is 9.85. The quantitative estimate of drug-likeness (QED) is 0.586. The maximum atomic E-state index is 12.7. The third-order valence-corrected chi connectivity index (χ3v) is 3.51. The zero-order chi connectivity index (χ0) is 15.6. The van der Waals surface area contributed by atoms with Crippen molar-refractivity contribution in [2.24, 2.45) is 5.84 Å². The van der Waals surface area contributed by atoms with E-state index in [0.717, 1.165) is 18.2 Å². The Hall–Kier alpha value is -1.80. The second-order valence-corrected chi connectivity index (χ2v) is 4.90. The van der Waals surface area contributed by atoms with E-state index < -0.39 is 17.6 Å². The number of amides is 1. The number of alkyl halides is 3. The molecule has 5 nitrogen and oxygen atoms in total. The standard InChI is InChI=1S/C13H16F3N3O2/c1-21-9-5-8(6-9)18-12(20)10-4-7(13(14,15)16)2-3-11(10)19-17/h2-4,8-9,19H,5-6,17H2,1H3,(H,18,20). The Kier molecular flexibility index (Phi) is 4.38. The number of anilines is 1. The van der Waals surface area contributed by atoms with Crippen LogP contribution in [0.5, 0.6) is 0 Å². The van der Waals surface area contributed by atoms with E-state index in [1.807, 2.05) is 0 Å². The molecule has 116 valence electrons. The van der Waals surface area contributed by atoms with Gasteiger partial charge in [-0.25, -0.2) is 0 Å². The summed E-state index contributed by atoms with van der Waals surface area (Å²) in [6.45, 7) is 0. The minimum absolute atomic E-state index is 0.0870. The number of ether oxygens (including phenoxy) is 1. The van der Waals surface area contributed by atoms with Gasteiger partial charge in [-0.15, -0.1) is 0 Å². The average molecular weight is 303 g/mol. The summed E-state index contributed by atoms with van der Waals surface area (Å²) in [5, 5.41) is 2.67. The molecule has 1 aliphatic rings. The SMILES string of the molecule is COC1CC(NC(=O)c2cc(C(F)(F)F)ccc2NN)C1. The van der Waals surface area contributed by atoms with Crippen molar-refractivity contribution in [3.8, 4) is 0 Å². The van der Waals surface area contributed by atoms with Crippen LogP contribution in [-0.4, -0.2) is 25.2 Å². The van der Waals surface area contributed by atoms with Crippen molar-refractivity contribution in [3.05, 3.63) is 29.3 Å². The van der Waals surface area contributed by atoms with Crippen molar-refractivity contribution in [2.75, 3.05) is 12.5 Å². The van der Waals surface area contributed by atoms with Crippen molar-refractivity contribution in [1.29, 1.82) is 0 Å². The van der Waals surface area contributed by atoms with E-state index in [0.29, 0.717) is 12.8 Å². The number of carbonyl (C=O) groups is 1. The van der Waals surface area contributed by atoms with Crippen molar-refractivity contribution in [3.63, 3.8) is 0 Å². The molecule has 1 fully saturated rings. The number of hydrazine groups is 1. The molecular weight excluding hydrogens is 287 g/mol. The fourth-order valence-electron chi connectivity index (χ4n) is 2.17. The lowest BCUT2D eigenvalue weighted by Crippen LogP contribution is -2.47. The molecule has 1 amide bonds. The number of rotatable bonds is 4. The Balaban J connectivity index is 2.15. The Morgan fingerprint density at radius 3 is 2.57 bits per heavy atom. The Bertz CT molecular complexity index is 528. The molecule has 1 aliphatic carbocycles. The van der Waals surface area contributed by atoms with E-state index in [-0.39, 0.29) is 23.4 Å². The first-order valence-corrected chi connectivity index (χ1v) is 6.36. The highest BCUT2D eigenvalue weighted by molar-refractivity contribution is 6.00. The highest BCUT2D eigenvalue weighted by atomic mass is 19.4. The van der Waals surface area contributed by atoms with Crippen molar-refractivity contribution in [1.82, 2.24) is 5.32 Å². The number of carbonyl (C=O) groups excluding carboxylic acids is 1. The maximum absolute atomic E-state index is 12.7. The molecule has 0 bridgehead atoms. The third-order valence-electron chi connectivity index (χ3n) is 3.51. The molecule has 4 N–H and O–H groups in total. The monoisotopic (exact) mass is 303 g/mol. The molecule has 2 rings (SSSR count). The number of nitrogens with one attached hydrogen (secondary N) is 2. The lowest BCUT2D eigenvalue weighted by molar-refractivity contribution is -0.137. The van der Waals surface area contributed by atoms with Crippen molar-refractivity contribution < 1.29 is 22.7 Å². The van der Waals surface area contributed by atoms with Gasteiger partial charge in [-0.3, -0.25) is 10.6 Å². The fraction of sp³-hybridized carbons (Fsp3) is 0.462. The highest BCUT2D eigenvalue weighted by Gasteiger charge is 2.33. The number of hydrogen-bond donors (Lipinski definition) is 3. The van der Waals surface area contributed by atoms with Crippen LogP contribution in [0.1, 0.15) is 28.8 Å². The molecule has 0 unspecified atom stereocenters. The first kappa shape index (κ1) is 15.6. The molecule has 0 heterocycles. The van der Waals surface area contributed by atoms with E-state index in [1.54, 1.807) is 7.11 Å². The number of hydrogen-bond acceptors (Lipinski definition) is 4. The predicted octanol–water partition coefficient (Wildman–Crippen LogP) is 1.90. The Morgan fingerprint density at radius 2 is 2.05 bits per heavy atom. The summed E-state index contributed by atoms with van der Waals surface area (Å²) in [4.78, 5) is 12.1. The van der Waals surface area contributed by atoms with Gasteiger partial charge in [-0.1, -0.05) is 0 Å². The lowest BCUT2D eigenvalue weighted by atomic mass is 9.89. The maximum Gasteiger partial charge on any atom is 0.416 e. The molecule has 0 aromatic heterocycles. The van der Waals surface area contributed by atoms with Crippen LogP contribution >= 0.6 is 0 Å². The molecule has 1 saturated carbocycles. The van der Waals surface area contributed by atoms with Crippen molar-refractivity contribution >= 4 is 11.6 Å². The molecule has 0 aliphatic heterocycles. The van der Waals surface area contributed by atoms with Crippen LogP contribution in [-0.2, 0) is 10.9 Å². The van der Waals surface area contributed by atoms with E-state index in [4.69, 9.17) is 10.6 Å². The summed E-state index contributed by atoms with van der Waals surface area (Å²) in [5.41, 5.74) is 1.35. The van der Waals surface area contributed by atoms with Gasteiger partial charge in [-0.05, 0) is 31.0 Å². The van der Waals surface area contributed by atoms with Crippen LogP contribution in [0.4, 0.5) is 18.9 Å². The van der Waals surface area contributed by atoms with Crippen LogP contribution in [0.15, 0.2) is 18.2 Å². The van der Waals surface area contributed by atoms with Gasteiger partial charge in [0, 0.05) is 13.2 Å². The van der Waals surface area contributed by atoms with Crippen LogP contribution < -0.4 is 16.6 Å². The number of halogens is 3. The van der Waals surface area contributed by atoms with Gasteiger partial charge in [0.2, 0.25) is 0 Å². The molecular formula is C13H16F3N3O2. The van der Waals surface area contributed by atoms with E-state index in [1.165, 1.54) is 0 Å². The highest BCUT2D eigenvalue weighted by Crippen LogP contribution is 2.32. The Labute approximate surface area is 119 Å². The molecule has 0 spiro atoms. The predicted molar refractivity (Wildman–Crippen MR) is 70.5 cm³/mol. The van der Waals surface area contributed by atoms with Gasteiger partial charge in [0.15, 0.2) is 0 Å². The van der Waals surface area contributed by atoms with Crippen molar-refractivity contribution in [2.45, 2.75) is 31.2 Å². The number of benzene rings is 1. The van der Waals surface area contributed by atoms with Gasteiger partial charge >= 0.3 is 6.18 Å².